The number of imidazole rings is 1. The largest absolute Gasteiger partial charge is 1.00 e. The number of rotatable bonds is 12. The molecule has 0 spiro atoms. The van der Waals surface area contributed by atoms with Gasteiger partial charge in [-0.1, -0.05) is 12.8 Å². The number of anilines is 2. The van der Waals surface area contributed by atoms with E-state index in [1.807, 2.05) is 25.2 Å². The van der Waals surface area contributed by atoms with E-state index in [0.717, 1.165) is 74.7 Å². The van der Waals surface area contributed by atoms with E-state index < -0.39 is 17.8 Å². The Kier molecular flexibility index (Phi) is 11.5. The van der Waals surface area contributed by atoms with E-state index in [9.17, 15) is 23.1 Å². The summed E-state index contributed by atoms with van der Waals surface area (Å²) in [6.45, 7) is 6.06. The number of aliphatic carboxylic acids is 1. The van der Waals surface area contributed by atoms with Gasteiger partial charge >= 0.3 is 35.7 Å². The van der Waals surface area contributed by atoms with Crippen LogP contribution in [0.4, 0.5) is 24.7 Å². The van der Waals surface area contributed by atoms with Crippen LogP contribution in [0.3, 0.4) is 0 Å². The SMILES string of the molecule is COCC1(CN(C)c2cc(-c3cc(C4CC4)nc(C(F)(F)F)c3)nc3nc(-c4ccc(N5CCN(CCC(=O)[O-])C[C@H]5C)nc4)[nH]c23)CCCC1.[Na+]. The van der Waals surface area contributed by atoms with Gasteiger partial charge in [0.15, 0.2) is 5.65 Å². The van der Waals surface area contributed by atoms with Crippen molar-refractivity contribution in [3.8, 4) is 22.6 Å². The minimum absolute atomic E-state index is 0. The number of ether oxygens (including phenoxy) is 1. The van der Waals surface area contributed by atoms with Crippen LogP contribution in [0.25, 0.3) is 33.8 Å². The molecule has 52 heavy (non-hydrogen) atoms. The number of pyridine rings is 3. The van der Waals surface area contributed by atoms with Gasteiger partial charge in [-0.2, -0.15) is 13.2 Å². The first-order chi connectivity index (χ1) is 24.4. The molecule has 5 heterocycles. The maximum atomic E-state index is 14.0. The van der Waals surface area contributed by atoms with Gasteiger partial charge < -0.3 is 29.4 Å². The fourth-order valence-corrected chi connectivity index (χ4v) is 7.88. The molecule has 3 fully saturated rings. The fraction of sp³-hybridized carbons (Fsp3) is 0.541. The minimum atomic E-state index is -4.58. The van der Waals surface area contributed by atoms with Crippen molar-refractivity contribution in [1.82, 2.24) is 29.8 Å². The van der Waals surface area contributed by atoms with Crippen molar-refractivity contribution in [3.63, 3.8) is 0 Å². The van der Waals surface area contributed by atoms with Gasteiger partial charge in [0.2, 0.25) is 0 Å². The van der Waals surface area contributed by atoms with Crippen molar-refractivity contribution in [2.45, 2.75) is 70.0 Å². The number of carboxylic acid groups (broad SMARTS) is 1. The number of carbonyl (C=O) groups excluding carboxylic acids is 1. The molecule has 4 aromatic rings. The zero-order valence-electron chi connectivity index (χ0n) is 30.3. The standard InChI is InChI=1S/C37H45F3N8O3.Na/c1-23-20-47(13-10-32(49)50)14-15-48(23)31-9-8-25(19-41-31)34-44-33-29(46(2)21-36(22-51-3)11-4-5-12-36)18-28(43-35(33)45-34)26-16-27(24-6-7-24)42-30(17-26)37(38,39)40;/h8-9,16-19,23-24H,4-7,10-15,20-22H2,1-3H3,(H,49,50)(H,43,44,45);/q;+1/p-1/t23-;/m1./s1. The van der Waals surface area contributed by atoms with Crippen LogP contribution in [0, 0.1) is 5.41 Å². The Hall–Kier alpha value is -3.30. The molecule has 15 heteroatoms. The van der Waals surface area contributed by atoms with E-state index in [2.05, 4.69) is 31.6 Å². The van der Waals surface area contributed by atoms with Crippen LogP contribution in [0.15, 0.2) is 36.5 Å². The number of alkyl halides is 3. The predicted octanol–water partition coefficient (Wildman–Crippen LogP) is 2.28. The van der Waals surface area contributed by atoms with E-state index in [0.29, 0.717) is 60.2 Å². The van der Waals surface area contributed by atoms with Gasteiger partial charge in [-0.3, -0.25) is 4.90 Å². The number of piperazine rings is 1. The van der Waals surface area contributed by atoms with Gasteiger partial charge in [-0.25, -0.2) is 19.9 Å². The normalized spacial score (nSPS) is 19.2. The van der Waals surface area contributed by atoms with E-state index in [1.54, 1.807) is 19.4 Å². The topological polar surface area (TPSA) is 126 Å². The summed E-state index contributed by atoms with van der Waals surface area (Å²) in [5.74, 6) is 0.354. The van der Waals surface area contributed by atoms with Gasteiger partial charge in [0.05, 0.1) is 18.0 Å². The number of halogens is 3. The Morgan fingerprint density at radius 2 is 1.87 bits per heavy atom. The summed E-state index contributed by atoms with van der Waals surface area (Å²) in [6.07, 6.45) is 3.17. The summed E-state index contributed by atoms with van der Waals surface area (Å²) in [5.41, 5.74) is 2.92. The molecule has 1 aliphatic heterocycles. The second-order valence-electron chi connectivity index (χ2n) is 14.6. The average molecular weight is 729 g/mol. The van der Waals surface area contributed by atoms with Gasteiger partial charge in [-0.05, 0) is 69.4 Å². The Morgan fingerprint density at radius 1 is 1.10 bits per heavy atom. The third kappa shape index (κ3) is 8.41. The molecule has 0 bridgehead atoms. The van der Waals surface area contributed by atoms with Crippen LogP contribution in [0.1, 0.15) is 69.2 Å². The second-order valence-corrected chi connectivity index (χ2v) is 14.6. The zero-order chi connectivity index (χ0) is 35.9. The van der Waals surface area contributed by atoms with E-state index in [4.69, 9.17) is 19.7 Å². The predicted molar refractivity (Wildman–Crippen MR) is 186 cm³/mol. The number of carbonyl (C=O) groups is 1. The van der Waals surface area contributed by atoms with Gasteiger partial charge in [0, 0.05) is 93.2 Å². The Bertz CT molecular complexity index is 1880. The summed E-state index contributed by atoms with van der Waals surface area (Å²) in [7, 11) is 3.73. The molecule has 1 saturated heterocycles. The molecule has 0 unspecified atom stereocenters. The summed E-state index contributed by atoms with van der Waals surface area (Å²) in [5, 5.41) is 10.9. The maximum absolute atomic E-state index is 14.0. The number of hydrogen-bond acceptors (Lipinski definition) is 10. The van der Waals surface area contributed by atoms with Gasteiger partial charge in [0.25, 0.3) is 0 Å². The van der Waals surface area contributed by atoms with Crippen LogP contribution in [-0.4, -0.2) is 95.3 Å². The van der Waals surface area contributed by atoms with Crippen molar-refractivity contribution >= 4 is 28.6 Å². The number of H-pyrrole nitrogens is 1. The molecule has 2 aliphatic carbocycles. The molecule has 11 nitrogen and oxygen atoms in total. The minimum Gasteiger partial charge on any atom is -0.550 e. The Morgan fingerprint density at radius 3 is 2.50 bits per heavy atom. The molecule has 2 saturated carbocycles. The molecule has 1 atom stereocenters. The number of hydrogen-bond donors (Lipinski definition) is 1. The van der Waals surface area contributed by atoms with Crippen LogP contribution in [-0.2, 0) is 15.7 Å². The summed E-state index contributed by atoms with van der Waals surface area (Å²) < 4.78 is 47.8. The molecular weight excluding hydrogens is 684 g/mol. The van der Waals surface area contributed by atoms with Gasteiger partial charge in [-0.15, -0.1) is 0 Å². The maximum Gasteiger partial charge on any atom is 1.00 e. The zero-order valence-corrected chi connectivity index (χ0v) is 32.3. The Balaban J connectivity index is 0.00000464. The van der Waals surface area contributed by atoms with E-state index in [-0.39, 0.29) is 53.4 Å². The quantitative estimate of drug-likeness (QED) is 0.217. The number of nitrogens with one attached hydrogen (secondary N) is 1. The van der Waals surface area contributed by atoms with Crippen LogP contribution < -0.4 is 44.5 Å². The average Bonchev–Trinajstić information content (AvgIpc) is 3.71. The third-order valence-corrected chi connectivity index (χ3v) is 10.6. The Labute approximate surface area is 323 Å². The summed E-state index contributed by atoms with van der Waals surface area (Å²) >= 11 is 0. The molecule has 272 valence electrons. The number of carboxylic acids is 1. The molecule has 3 aliphatic rings. The molecule has 1 N–H and O–H groups in total. The van der Waals surface area contributed by atoms with Crippen LogP contribution >= 0.6 is 0 Å². The molecule has 0 aromatic carbocycles. The number of methoxy groups -OCH3 is 1. The number of nitrogens with zero attached hydrogens (tertiary/aromatic N) is 7. The fourth-order valence-electron chi connectivity index (χ4n) is 7.88. The summed E-state index contributed by atoms with van der Waals surface area (Å²) in [6, 6.07) is 8.74. The van der Waals surface area contributed by atoms with Crippen molar-refractivity contribution in [3.05, 3.63) is 47.9 Å². The number of aromatic nitrogens is 5. The molecule has 7 rings (SSSR count). The third-order valence-electron chi connectivity index (χ3n) is 10.6. The van der Waals surface area contributed by atoms with Crippen molar-refractivity contribution < 1.29 is 57.4 Å². The first-order valence-electron chi connectivity index (χ1n) is 17.8. The smallest absolute Gasteiger partial charge is 0.550 e. The van der Waals surface area contributed by atoms with Gasteiger partial charge in [0.1, 0.15) is 22.9 Å². The first-order valence-corrected chi connectivity index (χ1v) is 17.8. The second kappa shape index (κ2) is 15.6. The molecule has 0 amide bonds. The van der Waals surface area contributed by atoms with Crippen molar-refractivity contribution in [2.24, 2.45) is 5.41 Å². The van der Waals surface area contributed by atoms with Crippen molar-refractivity contribution in [2.75, 3.05) is 63.3 Å². The van der Waals surface area contributed by atoms with Crippen molar-refractivity contribution in [1.29, 1.82) is 0 Å². The summed E-state index contributed by atoms with van der Waals surface area (Å²) in [4.78, 5) is 39.3. The van der Waals surface area contributed by atoms with Crippen LogP contribution in [0.2, 0.25) is 0 Å². The first kappa shape index (κ1) is 38.4. The number of aromatic amines is 1. The van der Waals surface area contributed by atoms with Crippen LogP contribution in [0.5, 0.6) is 0 Å². The molecular formula is C37H44F3N8NaO3. The molecule has 4 aromatic heterocycles. The number of fused-ring (bicyclic) bond motifs is 1. The monoisotopic (exact) mass is 728 g/mol. The van der Waals surface area contributed by atoms with E-state index in [1.165, 1.54) is 0 Å². The van der Waals surface area contributed by atoms with E-state index >= 15 is 0 Å². The molecule has 0 radical (unpaired) electrons.